The number of aromatic nitrogens is 2. The molecule has 3 rings (SSSR count). The van der Waals surface area contributed by atoms with Crippen molar-refractivity contribution in [3.8, 4) is 5.75 Å². The summed E-state index contributed by atoms with van der Waals surface area (Å²) in [6.07, 6.45) is 2.51. The van der Waals surface area contributed by atoms with Crippen LogP contribution in [0.1, 0.15) is 10.5 Å². The molecule has 23 heavy (non-hydrogen) atoms. The Morgan fingerprint density at radius 1 is 1.22 bits per heavy atom. The molecule has 0 aliphatic heterocycles. The molecule has 0 fully saturated rings. The molecule has 0 spiro atoms. The predicted octanol–water partition coefficient (Wildman–Crippen LogP) is 1.77. The van der Waals surface area contributed by atoms with E-state index in [1.54, 1.807) is 18.2 Å². The van der Waals surface area contributed by atoms with Gasteiger partial charge in [0.2, 0.25) is 0 Å². The molecule has 1 aromatic carbocycles. The molecule has 0 bridgehead atoms. The van der Waals surface area contributed by atoms with Crippen LogP contribution in [0.3, 0.4) is 0 Å². The fourth-order valence-electron chi connectivity index (χ4n) is 2.23. The van der Waals surface area contributed by atoms with Crippen LogP contribution in [0, 0.1) is 0 Å². The van der Waals surface area contributed by atoms with E-state index in [1.165, 1.54) is 37.7 Å². The van der Waals surface area contributed by atoms with Crippen LogP contribution >= 0.6 is 0 Å². The third-order valence-corrected chi connectivity index (χ3v) is 5.07. The molecule has 2 aromatic heterocycles. The summed E-state index contributed by atoms with van der Waals surface area (Å²) in [5, 5.41) is 10.3. The molecular weight excluding hydrogens is 320 g/mol. The van der Waals surface area contributed by atoms with Crippen LogP contribution in [0.4, 0.5) is 0 Å². The number of aromatic hydroxyl groups is 1. The second kappa shape index (κ2) is 5.40. The van der Waals surface area contributed by atoms with Gasteiger partial charge in [0.05, 0.1) is 23.7 Å². The fourth-order valence-corrected chi connectivity index (χ4v) is 3.58. The van der Waals surface area contributed by atoms with Crippen LogP contribution in [0.25, 0.3) is 10.9 Å². The number of hydrogen-bond donors (Lipinski definition) is 1. The third-order valence-electron chi connectivity index (χ3n) is 3.36. The molecule has 0 amide bonds. The van der Waals surface area contributed by atoms with Gasteiger partial charge in [-0.1, -0.05) is 18.2 Å². The highest BCUT2D eigenvalue weighted by atomic mass is 32.2. The minimum Gasteiger partial charge on any atom is -0.505 e. The quantitative estimate of drug-likeness (QED) is 0.734. The van der Waals surface area contributed by atoms with Crippen molar-refractivity contribution in [1.82, 2.24) is 8.96 Å². The lowest BCUT2D eigenvalue weighted by Crippen LogP contribution is -2.12. The van der Waals surface area contributed by atoms with E-state index in [1.807, 2.05) is 0 Å². The van der Waals surface area contributed by atoms with Gasteiger partial charge in [-0.2, -0.15) is 0 Å². The first-order valence-electron chi connectivity index (χ1n) is 6.55. The average Bonchev–Trinajstić information content (AvgIpc) is 3.01. The summed E-state index contributed by atoms with van der Waals surface area (Å²) in [6, 6.07) is 9.28. The Hall–Kier alpha value is -2.87. The number of hydrogen-bond acceptors (Lipinski definition) is 6. The Balaban J connectivity index is 2.22. The number of esters is 1. The third kappa shape index (κ3) is 2.33. The van der Waals surface area contributed by atoms with E-state index in [0.29, 0.717) is 0 Å². The lowest BCUT2D eigenvalue weighted by Gasteiger charge is -2.08. The molecular formula is C15H12N2O5S. The van der Waals surface area contributed by atoms with Crippen molar-refractivity contribution in [2.45, 2.75) is 4.90 Å². The molecule has 8 heteroatoms. The molecule has 0 aliphatic carbocycles. The molecule has 0 saturated carbocycles. The molecule has 0 aliphatic rings. The topological polar surface area (TPSA) is 98.5 Å². The highest BCUT2D eigenvalue weighted by Crippen LogP contribution is 2.30. The largest absolute Gasteiger partial charge is 0.505 e. The highest BCUT2D eigenvalue weighted by Gasteiger charge is 2.23. The van der Waals surface area contributed by atoms with Crippen molar-refractivity contribution in [3.05, 3.63) is 54.5 Å². The van der Waals surface area contributed by atoms with Crippen molar-refractivity contribution in [3.63, 3.8) is 0 Å². The first kappa shape index (κ1) is 15.0. The van der Waals surface area contributed by atoms with Gasteiger partial charge in [-0.15, -0.1) is 0 Å². The maximum absolute atomic E-state index is 12.7. The number of pyridine rings is 1. The van der Waals surface area contributed by atoms with E-state index in [2.05, 4.69) is 9.72 Å². The van der Waals surface area contributed by atoms with E-state index in [4.69, 9.17) is 0 Å². The lowest BCUT2D eigenvalue weighted by molar-refractivity contribution is 0.0591. The SMILES string of the molecule is COC(=O)c1ncc2c(ccn2S(=O)(=O)c2ccccc2)c1O. The van der Waals surface area contributed by atoms with Gasteiger partial charge in [-0.3, -0.25) is 0 Å². The Bertz CT molecular complexity index is 993. The Morgan fingerprint density at radius 2 is 1.91 bits per heavy atom. The number of fused-ring (bicyclic) bond motifs is 1. The maximum atomic E-state index is 12.7. The van der Waals surface area contributed by atoms with Crippen LogP contribution < -0.4 is 0 Å². The second-order valence-electron chi connectivity index (χ2n) is 4.68. The summed E-state index contributed by atoms with van der Waals surface area (Å²) in [5.74, 6) is -1.22. The van der Waals surface area contributed by atoms with Crippen molar-refractivity contribution in [1.29, 1.82) is 0 Å². The maximum Gasteiger partial charge on any atom is 0.360 e. The van der Waals surface area contributed by atoms with Crippen LogP contribution in [-0.4, -0.2) is 35.6 Å². The average molecular weight is 332 g/mol. The van der Waals surface area contributed by atoms with Gasteiger partial charge in [0.15, 0.2) is 11.4 Å². The van der Waals surface area contributed by atoms with Gasteiger partial charge >= 0.3 is 5.97 Å². The fraction of sp³-hybridized carbons (Fsp3) is 0.0667. The smallest absolute Gasteiger partial charge is 0.360 e. The summed E-state index contributed by atoms with van der Waals surface area (Å²) in [7, 11) is -2.66. The lowest BCUT2D eigenvalue weighted by atomic mass is 10.2. The van der Waals surface area contributed by atoms with Crippen LogP contribution in [-0.2, 0) is 14.8 Å². The Labute approximate surface area is 131 Å². The first-order valence-corrected chi connectivity index (χ1v) is 7.99. The van der Waals surface area contributed by atoms with Crippen molar-refractivity contribution in [2.75, 3.05) is 7.11 Å². The van der Waals surface area contributed by atoms with Gasteiger partial charge in [0.1, 0.15) is 0 Å². The molecule has 3 aromatic rings. The minimum atomic E-state index is -3.83. The Kier molecular flexibility index (Phi) is 3.53. The monoisotopic (exact) mass is 332 g/mol. The van der Waals surface area contributed by atoms with E-state index >= 15 is 0 Å². The predicted molar refractivity (Wildman–Crippen MR) is 81.8 cm³/mol. The van der Waals surface area contributed by atoms with Crippen molar-refractivity contribution >= 4 is 26.9 Å². The Morgan fingerprint density at radius 3 is 2.57 bits per heavy atom. The zero-order valence-electron chi connectivity index (χ0n) is 12.0. The number of ether oxygens (including phenoxy) is 1. The summed E-state index contributed by atoms with van der Waals surface area (Å²) in [5.41, 5.74) is -0.103. The molecule has 0 atom stereocenters. The molecule has 0 radical (unpaired) electrons. The van der Waals surface area contributed by atoms with Crippen LogP contribution in [0.5, 0.6) is 5.75 Å². The zero-order valence-corrected chi connectivity index (χ0v) is 12.8. The molecule has 0 unspecified atom stereocenters. The standard InChI is InChI=1S/C15H12N2O5S/c1-22-15(19)13-14(18)11-7-8-17(12(11)9-16-13)23(20,21)10-5-3-2-4-6-10/h2-9,18H,1H3. The molecule has 118 valence electrons. The van der Waals surface area contributed by atoms with Gasteiger partial charge in [-0.05, 0) is 18.2 Å². The first-order chi connectivity index (χ1) is 11.0. The molecule has 2 heterocycles. The molecule has 1 N–H and O–H groups in total. The van der Waals surface area contributed by atoms with Crippen LogP contribution in [0.2, 0.25) is 0 Å². The van der Waals surface area contributed by atoms with E-state index in [0.717, 1.165) is 3.97 Å². The number of nitrogens with zero attached hydrogens (tertiary/aromatic N) is 2. The number of rotatable bonds is 3. The van der Waals surface area contributed by atoms with Gasteiger partial charge in [-0.25, -0.2) is 22.2 Å². The summed E-state index contributed by atoms with van der Waals surface area (Å²) >= 11 is 0. The van der Waals surface area contributed by atoms with Crippen molar-refractivity contribution < 1.29 is 23.1 Å². The summed E-state index contributed by atoms with van der Waals surface area (Å²) in [6.45, 7) is 0. The van der Waals surface area contributed by atoms with Gasteiger partial charge < -0.3 is 9.84 Å². The zero-order chi connectivity index (χ0) is 16.6. The van der Waals surface area contributed by atoms with E-state index in [9.17, 15) is 18.3 Å². The van der Waals surface area contributed by atoms with Gasteiger partial charge in [0.25, 0.3) is 10.0 Å². The molecule has 7 nitrogen and oxygen atoms in total. The van der Waals surface area contributed by atoms with Crippen molar-refractivity contribution in [2.24, 2.45) is 0 Å². The van der Waals surface area contributed by atoms with Gasteiger partial charge in [0, 0.05) is 11.6 Å². The molecule has 0 saturated heterocycles. The number of carbonyl (C=O) groups excluding carboxylic acids is 1. The highest BCUT2D eigenvalue weighted by molar-refractivity contribution is 7.90. The van der Waals surface area contributed by atoms with E-state index < -0.39 is 21.7 Å². The summed E-state index contributed by atoms with van der Waals surface area (Å²) in [4.78, 5) is 15.4. The minimum absolute atomic E-state index is 0.106. The number of benzene rings is 1. The second-order valence-corrected chi connectivity index (χ2v) is 6.49. The van der Waals surface area contributed by atoms with Crippen LogP contribution in [0.15, 0.2) is 53.7 Å². The summed E-state index contributed by atoms with van der Waals surface area (Å²) < 4.78 is 30.8. The van der Waals surface area contributed by atoms with E-state index in [-0.39, 0.29) is 21.5 Å². The normalized spacial score (nSPS) is 11.5. The number of carbonyl (C=O) groups is 1. The number of methoxy groups -OCH3 is 1.